The van der Waals surface area contributed by atoms with Crippen LogP contribution in [0, 0.1) is 13.8 Å². The monoisotopic (exact) mass is 414 g/mol. The molecule has 146 valence electrons. The molecule has 0 bridgehead atoms. The van der Waals surface area contributed by atoms with E-state index in [2.05, 4.69) is 9.97 Å². The maximum Gasteiger partial charge on any atom is 0.260 e. The van der Waals surface area contributed by atoms with Crippen LogP contribution >= 0.6 is 23.1 Å². The number of Topliss-reactive ketones (excluding diaryl/α,β-unsaturated/α-hetero) is 1. The van der Waals surface area contributed by atoms with Gasteiger partial charge in [-0.05, 0) is 68.4 Å². The van der Waals surface area contributed by atoms with Gasteiger partial charge in [0.05, 0.1) is 18.2 Å². The second-order valence-electron chi connectivity index (χ2n) is 7.11. The van der Waals surface area contributed by atoms with E-state index in [4.69, 9.17) is 4.74 Å². The van der Waals surface area contributed by atoms with Crippen molar-refractivity contribution in [2.75, 3.05) is 12.9 Å². The highest BCUT2D eigenvalue weighted by Gasteiger charge is 2.20. The Morgan fingerprint density at radius 3 is 2.82 bits per heavy atom. The van der Waals surface area contributed by atoms with Crippen molar-refractivity contribution in [1.29, 1.82) is 0 Å². The number of methoxy groups -OCH3 is 1. The van der Waals surface area contributed by atoms with Crippen LogP contribution in [0.1, 0.15) is 44.8 Å². The lowest BCUT2D eigenvalue weighted by Gasteiger charge is -2.10. The molecule has 0 spiro atoms. The summed E-state index contributed by atoms with van der Waals surface area (Å²) in [6, 6.07) is 3.75. The van der Waals surface area contributed by atoms with E-state index in [1.54, 1.807) is 18.4 Å². The number of benzene rings is 1. The van der Waals surface area contributed by atoms with Crippen molar-refractivity contribution < 1.29 is 9.53 Å². The Balaban J connectivity index is 1.57. The Labute approximate surface area is 171 Å². The molecule has 1 aliphatic rings. The molecule has 1 N–H and O–H groups in total. The normalized spacial score (nSPS) is 13.5. The van der Waals surface area contributed by atoms with E-state index < -0.39 is 0 Å². The molecular formula is C21H22N2O3S2. The largest absolute Gasteiger partial charge is 0.496 e. The van der Waals surface area contributed by atoms with Crippen LogP contribution < -0.4 is 10.3 Å². The maximum atomic E-state index is 12.7. The van der Waals surface area contributed by atoms with E-state index in [1.165, 1.54) is 28.6 Å². The molecule has 1 aromatic carbocycles. The van der Waals surface area contributed by atoms with Gasteiger partial charge in [-0.25, -0.2) is 4.98 Å². The molecule has 2 aromatic heterocycles. The number of H-pyrrole nitrogens is 1. The number of fused-ring (bicyclic) bond motifs is 3. The Kier molecular flexibility index (Phi) is 5.29. The van der Waals surface area contributed by atoms with Crippen molar-refractivity contribution in [3.8, 4) is 5.75 Å². The third kappa shape index (κ3) is 3.49. The number of carbonyl (C=O) groups is 1. The zero-order chi connectivity index (χ0) is 19.8. The van der Waals surface area contributed by atoms with Crippen molar-refractivity contribution >= 4 is 39.1 Å². The molecule has 0 fully saturated rings. The first-order chi connectivity index (χ1) is 13.5. The van der Waals surface area contributed by atoms with Crippen molar-refractivity contribution in [2.45, 2.75) is 44.7 Å². The SMILES string of the molecule is COc1cc(C)c(C(=O)CSc2nc3sc4c(c3c(=O)[nH]2)CCCC4)cc1C. The number of thioether (sulfide) groups is 1. The summed E-state index contributed by atoms with van der Waals surface area (Å²) in [4.78, 5) is 34.9. The van der Waals surface area contributed by atoms with Crippen LogP contribution in [-0.4, -0.2) is 28.6 Å². The van der Waals surface area contributed by atoms with Crippen LogP contribution in [0.4, 0.5) is 0 Å². The number of rotatable bonds is 5. The summed E-state index contributed by atoms with van der Waals surface area (Å²) in [6.07, 6.45) is 4.30. The van der Waals surface area contributed by atoms with E-state index in [0.29, 0.717) is 10.7 Å². The first kappa shape index (κ1) is 19.2. The molecule has 4 rings (SSSR count). The number of carbonyl (C=O) groups excluding carboxylic acids is 1. The number of hydrogen-bond donors (Lipinski definition) is 1. The number of aromatic nitrogens is 2. The van der Waals surface area contributed by atoms with Crippen molar-refractivity contribution in [1.82, 2.24) is 9.97 Å². The minimum atomic E-state index is -0.0872. The highest BCUT2D eigenvalue weighted by molar-refractivity contribution is 7.99. The summed E-state index contributed by atoms with van der Waals surface area (Å²) < 4.78 is 5.31. The summed E-state index contributed by atoms with van der Waals surface area (Å²) in [5.41, 5.74) is 3.59. The molecule has 5 nitrogen and oxygen atoms in total. The Morgan fingerprint density at radius 2 is 2.04 bits per heavy atom. The number of hydrogen-bond acceptors (Lipinski definition) is 6. The average molecular weight is 415 g/mol. The molecule has 0 amide bonds. The van der Waals surface area contributed by atoms with Gasteiger partial charge in [-0.15, -0.1) is 11.3 Å². The minimum absolute atomic E-state index is 0.0153. The first-order valence-electron chi connectivity index (χ1n) is 9.33. The van der Waals surface area contributed by atoms with Gasteiger partial charge >= 0.3 is 0 Å². The van der Waals surface area contributed by atoms with Crippen LogP contribution in [0.2, 0.25) is 0 Å². The molecule has 0 unspecified atom stereocenters. The van der Waals surface area contributed by atoms with Crippen molar-refractivity contribution in [3.63, 3.8) is 0 Å². The quantitative estimate of drug-likeness (QED) is 0.379. The standard InChI is InChI=1S/C21H22N2O3S2/c1-11-9-16(26-3)12(2)8-14(11)15(24)10-27-21-22-19(25)18-13-6-4-5-7-17(13)28-20(18)23-21/h8-9H,4-7,10H2,1-3H3,(H,22,23,25). The Bertz CT molecular complexity index is 1130. The number of thiophene rings is 1. The number of nitrogens with one attached hydrogen (secondary N) is 1. The van der Waals surface area contributed by atoms with Gasteiger partial charge in [0.25, 0.3) is 5.56 Å². The zero-order valence-corrected chi connectivity index (χ0v) is 17.8. The van der Waals surface area contributed by atoms with E-state index in [0.717, 1.165) is 46.4 Å². The lowest BCUT2D eigenvalue weighted by molar-refractivity contribution is 0.102. The summed E-state index contributed by atoms with van der Waals surface area (Å²) in [6.45, 7) is 3.83. The average Bonchev–Trinajstić information content (AvgIpc) is 3.06. The second kappa shape index (κ2) is 7.72. The summed E-state index contributed by atoms with van der Waals surface area (Å²) in [7, 11) is 1.62. The zero-order valence-electron chi connectivity index (χ0n) is 16.2. The van der Waals surface area contributed by atoms with Crippen LogP contribution in [0.3, 0.4) is 0 Å². The summed E-state index contributed by atoms with van der Waals surface area (Å²) >= 11 is 2.91. The molecular weight excluding hydrogens is 392 g/mol. The van der Waals surface area contributed by atoms with Crippen LogP contribution in [0.5, 0.6) is 5.75 Å². The van der Waals surface area contributed by atoms with Crippen LogP contribution in [0.25, 0.3) is 10.2 Å². The fourth-order valence-electron chi connectivity index (χ4n) is 3.73. The van der Waals surface area contributed by atoms with Crippen LogP contribution in [0.15, 0.2) is 22.1 Å². The fraction of sp³-hybridized carbons (Fsp3) is 0.381. The molecule has 0 saturated heterocycles. The lowest BCUT2D eigenvalue weighted by Crippen LogP contribution is -2.12. The summed E-state index contributed by atoms with van der Waals surface area (Å²) in [5, 5.41) is 1.25. The number of aryl methyl sites for hydroxylation is 4. The molecule has 0 atom stereocenters. The number of ketones is 1. The molecule has 7 heteroatoms. The third-order valence-corrected chi connectivity index (χ3v) is 7.24. The van der Waals surface area contributed by atoms with Crippen molar-refractivity contribution in [2.24, 2.45) is 0 Å². The molecule has 0 saturated carbocycles. The van der Waals surface area contributed by atoms with Gasteiger partial charge in [0.15, 0.2) is 10.9 Å². The smallest absolute Gasteiger partial charge is 0.260 e. The molecule has 0 aliphatic heterocycles. The predicted molar refractivity (Wildman–Crippen MR) is 114 cm³/mol. The predicted octanol–water partition coefficient (Wildman–Crippen LogP) is 4.46. The third-order valence-electron chi connectivity index (χ3n) is 5.19. The number of ether oxygens (including phenoxy) is 1. The molecule has 2 heterocycles. The van der Waals surface area contributed by atoms with Gasteiger partial charge in [0.2, 0.25) is 0 Å². The van der Waals surface area contributed by atoms with Gasteiger partial charge in [0.1, 0.15) is 10.6 Å². The number of nitrogens with zero attached hydrogens (tertiary/aromatic N) is 1. The van der Waals surface area contributed by atoms with Gasteiger partial charge in [0, 0.05) is 10.4 Å². The maximum absolute atomic E-state index is 12.7. The minimum Gasteiger partial charge on any atom is -0.496 e. The van der Waals surface area contributed by atoms with E-state index in [-0.39, 0.29) is 17.1 Å². The lowest BCUT2D eigenvalue weighted by atomic mass is 9.97. The van der Waals surface area contributed by atoms with Gasteiger partial charge < -0.3 is 9.72 Å². The van der Waals surface area contributed by atoms with Gasteiger partial charge in [-0.1, -0.05) is 11.8 Å². The van der Waals surface area contributed by atoms with Crippen molar-refractivity contribution in [3.05, 3.63) is 49.6 Å². The van der Waals surface area contributed by atoms with E-state index >= 15 is 0 Å². The highest BCUT2D eigenvalue weighted by Crippen LogP contribution is 2.34. The second-order valence-corrected chi connectivity index (χ2v) is 9.16. The van der Waals surface area contributed by atoms with E-state index in [1.807, 2.05) is 26.0 Å². The summed E-state index contributed by atoms with van der Waals surface area (Å²) in [5.74, 6) is 1.02. The first-order valence-corrected chi connectivity index (χ1v) is 11.1. The molecule has 3 aromatic rings. The van der Waals surface area contributed by atoms with Gasteiger partial charge in [-0.2, -0.15) is 0 Å². The van der Waals surface area contributed by atoms with Gasteiger partial charge in [-0.3, -0.25) is 9.59 Å². The molecule has 0 radical (unpaired) electrons. The Hall–Kier alpha value is -2.12. The van der Waals surface area contributed by atoms with E-state index in [9.17, 15) is 9.59 Å². The Morgan fingerprint density at radius 1 is 1.25 bits per heavy atom. The topological polar surface area (TPSA) is 72.0 Å². The highest BCUT2D eigenvalue weighted by atomic mass is 32.2. The molecule has 28 heavy (non-hydrogen) atoms. The van der Waals surface area contributed by atoms with Crippen LogP contribution in [-0.2, 0) is 12.8 Å². The number of aromatic amines is 1. The fourth-order valence-corrected chi connectivity index (χ4v) is 5.80. The molecule has 1 aliphatic carbocycles.